The highest BCUT2D eigenvalue weighted by molar-refractivity contribution is 7.17. The summed E-state index contributed by atoms with van der Waals surface area (Å²) in [6.07, 6.45) is 6.75. The van der Waals surface area contributed by atoms with E-state index in [0.717, 1.165) is 49.0 Å². The van der Waals surface area contributed by atoms with Gasteiger partial charge >= 0.3 is 23.8 Å². The Labute approximate surface area is 259 Å². The van der Waals surface area contributed by atoms with Gasteiger partial charge in [-0.15, -0.1) is 11.3 Å². The molecule has 12 heteroatoms. The molecule has 1 heterocycles. The molecule has 1 aliphatic rings. The van der Waals surface area contributed by atoms with Crippen LogP contribution >= 0.6 is 11.3 Å². The fraction of sp³-hybridized carbons (Fsp3) is 0.344. The number of ether oxygens (including phenoxy) is 4. The molecule has 2 amide bonds. The maximum Gasteiger partial charge on any atom is 0.343 e. The predicted molar refractivity (Wildman–Crippen MR) is 166 cm³/mol. The highest BCUT2D eigenvalue weighted by Gasteiger charge is 2.28. The lowest BCUT2D eigenvalue weighted by Gasteiger charge is -2.12. The Bertz CT molecular complexity index is 1530. The van der Waals surface area contributed by atoms with Crippen LogP contribution in [-0.2, 0) is 27.2 Å². The van der Waals surface area contributed by atoms with Gasteiger partial charge in [-0.05, 0) is 92.6 Å². The van der Waals surface area contributed by atoms with Crippen LogP contribution in [0.1, 0.15) is 76.3 Å². The van der Waals surface area contributed by atoms with E-state index in [0.29, 0.717) is 34.0 Å². The Hall–Kier alpha value is -4.71. The maximum atomic E-state index is 12.7. The first kappa shape index (κ1) is 32.2. The molecule has 0 aliphatic heterocycles. The Kier molecular flexibility index (Phi) is 11.5. The van der Waals surface area contributed by atoms with Crippen molar-refractivity contribution in [1.82, 2.24) is 5.43 Å². The van der Waals surface area contributed by atoms with Crippen molar-refractivity contribution in [2.24, 2.45) is 5.10 Å². The number of esters is 2. The zero-order valence-corrected chi connectivity index (χ0v) is 25.7. The summed E-state index contributed by atoms with van der Waals surface area (Å²) in [5.74, 6) is -1.94. The average molecular weight is 622 g/mol. The molecule has 2 N–H and O–H groups in total. The summed E-state index contributed by atoms with van der Waals surface area (Å²) in [4.78, 5) is 51.4. The highest BCUT2D eigenvalue weighted by atomic mass is 32.1. The van der Waals surface area contributed by atoms with Crippen molar-refractivity contribution >= 4 is 46.3 Å². The van der Waals surface area contributed by atoms with Gasteiger partial charge in [0.1, 0.15) is 10.8 Å². The van der Waals surface area contributed by atoms with Crippen LogP contribution in [0, 0.1) is 0 Å². The zero-order chi connectivity index (χ0) is 31.5. The number of hydrogen-bond acceptors (Lipinski definition) is 10. The molecule has 1 aliphatic carbocycles. The quantitative estimate of drug-likeness (QED) is 0.0693. The molecule has 2 aromatic carbocycles. The van der Waals surface area contributed by atoms with Crippen molar-refractivity contribution < 1.29 is 38.1 Å². The molecule has 0 fully saturated rings. The van der Waals surface area contributed by atoms with Crippen molar-refractivity contribution in [2.75, 3.05) is 25.6 Å². The number of fused-ring (bicyclic) bond motifs is 1. The van der Waals surface area contributed by atoms with Gasteiger partial charge in [0.15, 0.2) is 11.5 Å². The van der Waals surface area contributed by atoms with Crippen LogP contribution in [0.4, 0.5) is 5.00 Å². The van der Waals surface area contributed by atoms with Gasteiger partial charge in [-0.25, -0.2) is 15.0 Å². The molecule has 0 unspecified atom stereocenters. The lowest BCUT2D eigenvalue weighted by atomic mass is 9.95. The molecule has 0 saturated heterocycles. The fourth-order valence-corrected chi connectivity index (χ4v) is 5.75. The molecule has 3 aromatic rings. The molecule has 0 bridgehead atoms. The summed E-state index contributed by atoms with van der Waals surface area (Å²) in [7, 11) is 1.43. The van der Waals surface area contributed by atoms with Gasteiger partial charge in [0, 0.05) is 4.88 Å². The number of aryl methyl sites for hydroxylation is 1. The normalized spacial score (nSPS) is 12.2. The summed E-state index contributed by atoms with van der Waals surface area (Å²) in [5, 5.41) is 6.70. The second kappa shape index (κ2) is 15.7. The van der Waals surface area contributed by atoms with Crippen molar-refractivity contribution in [2.45, 2.75) is 52.4 Å². The van der Waals surface area contributed by atoms with E-state index in [9.17, 15) is 19.2 Å². The van der Waals surface area contributed by atoms with Crippen LogP contribution in [0.15, 0.2) is 47.6 Å². The number of hydrogen-bond donors (Lipinski definition) is 2. The smallest absolute Gasteiger partial charge is 0.343 e. The summed E-state index contributed by atoms with van der Waals surface area (Å²) in [6, 6.07) is 11.4. The highest BCUT2D eigenvalue weighted by Crippen LogP contribution is 2.38. The van der Waals surface area contributed by atoms with Crippen LogP contribution in [0.2, 0.25) is 0 Å². The zero-order valence-electron chi connectivity index (χ0n) is 24.9. The summed E-state index contributed by atoms with van der Waals surface area (Å²) in [5.41, 5.74) is 4.23. The molecule has 232 valence electrons. The minimum atomic E-state index is -1.01. The molecule has 11 nitrogen and oxygen atoms in total. The largest absolute Gasteiger partial charge is 0.494 e. The van der Waals surface area contributed by atoms with Crippen LogP contribution in [0.3, 0.4) is 0 Å². The van der Waals surface area contributed by atoms with E-state index >= 15 is 0 Å². The number of rotatable bonds is 12. The second-order valence-electron chi connectivity index (χ2n) is 9.81. The van der Waals surface area contributed by atoms with Gasteiger partial charge < -0.3 is 24.3 Å². The first-order chi connectivity index (χ1) is 21.3. The average Bonchev–Trinajstić information content (AvgIpc) is 3.40. The molecule has 1 aromatic heterocycles. The van der Waals surface area contributed by atoms with Gasteiger partial charge in [0.25, 0.3) is 0 Å². The van der Waals surface area contributed by atoms with E-state index in [4.69, 9.17) is 18.9 Å². The number of nitrogens with one attached hydrogen (secondary N) is 2. The molecule has 4 rings (SSSR count). The molecule has 0 radical (unpaired) electrons. The standard InChI is InChI=1S/C32H35N3O8S/c1-4-6-17-42-22-14-12-21(13-15-22)31(38)43-24-16-11-20(18-25(24)40-3)19-33-35-29(37)28(36)34-30-27(32(39)41-5-2)23-9-7-8-10-26(23)44-30/h11-16,18-19H,4-10,17H2,1-3H3,(H,34,36)(H,35,37)/b33-19+. The molecule has 0 atom stereocenters. The summed E-state index contributed by atoms with van der Waals surface area (Å²) < 4.78 is 21.7. The molecular weight excluding hydrogens is 586 g/mol. The summed E-state index contributed by atoms with van der Waals surface area (Å²) >= 11 is 1.29. The van der Waals surface area contributed by atoms with Gasteiger partial charge in [-0.2, -0.15) is 5.10 Å². The number of hydrazone groups is 1. The Morgan fingerprint density at radius 2 is 1.73 bits per heavy atom. The van der Waals surface area contributed by atoms with E-state index in [-0.39, 0.29) is 18.1 Å². The second-order valence-corrected chi connectivity index (χ2v) is 10.9. The van der Waals surface area contributed by atoms with E-state index in [1.54, 1.807) is 43.3 Å². The van der Waals surface area contributed by atoms with E-state index < -0.39 is 23.8 Å². The van der Waals surface area contributed by atoms with Crippen LogP contribution in [0.5, 0.6) is 17.2 Å². The Morgan fingerprint density at radius 1 is 0.955 bits per heavy atom. The molecular formula is C32H35N3O8S. The Balaban J connectivity index is 1.35. The monoisotopic (exact) mass is 621 g/mol. The Morgan fingerprint density at radius 3 is 2.45 bits per heavy atom. The SMILES string of the molecule is CCCCOc1ccc(C(=O)Oc2ccc(/C=N/NC(=O)C(=O)Nc3sc4c(c3C(=O)OCC)CCCC4)cc2OC)cc1. The lowest BCUT2D eigenvalue weighted by Crippen LogP contribution is -2.32. The van der Waals surface area contributed by atoms with Crippen molar-refractivity contribution in [1.29, 1.82) is 0 Å². The molecule has 44 heavy (non-hydrogen) atoms. The first-order valence-electron chi connectivity index (χ1n) is 14.4. The first-order valence-corrected chi connectivity index (χ1v) is 15.2. The minimum absolute atomic E-state index is 0.192. The van der Waals surface area contributed by atoms with Crippen molar-refractivity contribution in [3.05, 3.63) is 69.6 Å². The van der Waals surface area contributed by atoms with Gasteiger partial charge in [0.05, 0.1) is 37.7 Å². The van der Waals surface area contributed by atoms with E-state index in [1.165, 1.54) is 30.7 Å². The number of carbonyl (C=O) groups excluding carboxylic acids is 4. The van der Waals surface area contributed by atoms with Gasteiger partial charge in [-0.3, -0.25) is 9.59 Å². The van der Waals surface area contributed by atoms with E-state index in [1.807, 2.05) is 0 Å². The molecule has 0 spiro atoms. The van der Waals surface area contributed by atoms with Gasteiger partial charge in [-0.1, -0.05) is 13.3 Å². The third-order valence-corrected chi connectivity index (χ3v) is 7.92. The van der Waals surface area contributed by atoms with Crippen LogP contribution in [-0.4, -0.2) is 50.3 Å². The van der Waals surface area contributed by atoms with Crippen LogP contribution < -0.4 is 25.0 Å². The van der Waals surface area contributed by atoms with Crippen LogP contribution in [0.25, 0.3) is 0 Å². The number of nitrogens with zero attached hydrogens (tertiary/aromatic N) is 1. The number of amides is 2. The van der Waals surface area contributed by atoms with E-state index in [2.05, 4.69) is 22.8 Å². The minimum Gasteiger partial charge on any atom is -0.494 e. The van der Waals surface area contributed by atoms with Crippen molar-refractivity contribution in [3.8, 4) is 17.2 Å². The topological polar surface area (TPSA) is 142 Å². The van der Waals surface area contributed by atoms with Crippen molar-refractivity contribution in [3.63, 3.8) is 0 Å². The third-order valence-electron chi connectivity index (χ3n) is 6.71. The van der Waals surface area contributed by atoms with Gasteiger partial charge in [0.2, 0.25) is 0 Å². The predicted octanol–water partition coefficient (Wildman–Crippen LogP) is 5.30. The summed E-state index contributed by atoms with van der Waals surface area (Å²) in [6.45, 7) is 4.60. The number of anilines is 1. The number of unbranched alkanes of at least 4 members (excludes halogenated alkanes) is 1. The lowest BCUT2D eigenvalue weighted by molar-refractivity contribution is -0.136. The number of benzene rings is 2. The number of carbonyl (C=O) groups is 4. The number of methoxy groups -OCH3 is 1. The number of thiophene rings is 1. The maximum absolute atomic E-state index is 12.7. The fourth-order valence-electron chi connectivity index (χ4n) is 4.48. The molecule has 0 saturated carbocycles. The third kappa shape index (κ3) is 8.22.